The molecule has 0 aromatic heterocycles. The molecule has 1 amide bonds. The third-order valence-electron chi connectivity index (χ3n) is 4.46. The number of nitrogens with zero attached hydrogens (tertiary/aromatic N) is 1. The molecule has 0 spiro atoms. The highest BCUT2D eigenvalue weighted by atomic mass is 79.9. The van der Waals surface area contributed by atoms with Crippen LogP contribution in [0.2, 0.25) is 5.02 Å². The molecule has 3 aromatic rings. The Balaban J connectivity index is 1.93. The van der Waals surface area contributed by atoms with Crippen molar-refractivity contribution in [3.05, 3.63) is 98.5 Å². The van der Waals surface area contributed by atoms with Gasteiger partial charge in [0.25, 0.3) is 5.91 Å². The van der Waals surface area contributed by atoms with E-state index in [4.69, 9.17) is 16.3 Å². The Hall–Kier alpha value is -3.07. The zero-order valence-corrected chi connectivity index (χ0v) is 18.5. The molecule has 6 heteroatoms. The van der Waals surface area contributed by atoms with Gasteiger partial charge in [0, 0.05) is 15.2 Å². The van der Waals surface area contributed by atoms with Gasteiger partial charge in [0.1, 0.15) is 17.4 Å². The fourth-order valence-corrected chi connectivity index (χ4v) is 3.35. The molecule has 4 nitrogen and oxygen atoms in total. The van der Waals surface area contributed by atoms with Crippen LogP contribution in [0.15, 0.2) is 76.8 Å². The Labute approximate surface area is 188 Å². The van der Waals surface area contributed by atoms with E-state index in [1.165, 1.54) is 0 Å². The van der Waals surface area contributed by atoms with E-state index < -0.39 is 5.91 Å². The van der Waals surface area contributed by atoms with Crippen LogP contribution in [0.4, 0.5) is 5.69 Å². The van der Waals surface area contributed by atoms with Crippen molar-refractivity contribution in [1.82, 2.24) is 0 Å². The second kappa shape index (κ2) is 10.1. The number of halogens is 2. The maximum absolute atomic E-state index is 12.6. The second-order valence-electron chi connectivity index (χ2n) is 6.46. The summed E-state index contributed by atoms with van der Waals surface area (Å²) < 4.78 is 6.25. The third-order valence-corrected chi connectivity index (χ3v) is 5.35. The van der Waals surface area contributed by atoms with Crippen LogP contribution in [0.1, 0.15) is 16.7 Å². The van der Waals surface area contributed by atoms with Crippen molar-refractivity contribution in [3.8, 4) is 11.8 Å². The van der Waals surface area contributed by atoms with Crippen LogP contribution in [-0.2, 0) is 11.2 Å². The molecule has 0 bridgehead atoms. The molecule has 0 aliphatic rings. The summed E-state index contributed by atoms with van der Waals surface area (Å²) in [5.41, 5.74) is 3.20. The summed E-state index contributed by atoms with van der Waals surface area (Å²) >= 11 is 9.67. The Morgan fingerprint density at radius 2 is 1.87 bits per heavy atom. The molecule has 0 saturated heterocycles. The van der Waals surface area contributed by atoms with Gasteiger partial charge in [-0.3, -0.25) is 4.79 Å². The van der Waals surface area contributed by atoms with Gasteiger partial charge in [-0.25, -0.2) is 0 Å². The number of benzene rings is 3. The lowest BCUT2D eigenvalue weighted by molar-refractivity contribution is -0.112. The average molecular weight is 482 g/mol. The van der Waals surface area contributed by atoms with Crippen LogP contribution in [-0.4, -0.2) is 13.0 Å². The van der Waals surface area contributed by atoms with Crippen molar-refractivity contribution in [2.24, 2.45) is 0 Å². The molecular formula is C24H18BrClN2O2. The lowest BCUT2D eigenvalue weighted by atomic mass is 9.97. The number of anilines is 1. The van der Waals surface area contributed by atoms with Crippen molar-refractivity contribution < 1.29 is 9.53 Å². The fourth-order valence-electron chi connectivity index (χ4n) is 2.89. The normalized spacial score (nSPS) is 10.9. The number of amides is 1. The van der Waals surface area contributed by atoms with Crippen LogP contribution in [0, 0.1) is 11.3 Å². The van der Waals surface area contributed by atoms with Gasteiger partial charge in [0.2, 0.25) is 0 Å². The van der Waals surface area contributed by atoms with Crippen molar-refractivity contribution in [1.29, 1.82) is 5.26 Å². The molecule has 0 aliphatic carbocycles. The monoisotopic (exact) mass is 480 g/mol. The number of nitriles is 1. The highest BCUT2D eigenvalue weighted by Crippen LogP contribution is 2.26. The van der Waals surface area contributed by atoms with Crippen LogP contribution >= 0.6 is 27.5 Å². The summed E-state index contributed by atoms with van der Waals surface area (Å²) in [6.07, 6.45) is 2.12. The first-order valence-electron chi connectivity index (χ1n) is 9.09. The number of methoxy groups -OCH3 is 1. The summed E-state index contributed by atoms with van der Waals surface area (Å²) in [5.74, 6) is 0.214. The minimum atomic E-state index is -0.473. The van der Waals surface area contributed by atoms with Crippen molar-refractivity contribution in [2.45, 2.75) is 6.42 Å². The smallest absolute Gasteiger partial charge is 0.266 e. The van der Waals surface area contributed by atoms with Gasteiger partial charge < -0.3 is 10.1 Å². The first-order chi connectivity index (χ1) is 14.5. The number of hydrogen-bond acceptors (Lipinski definition) is 3. The topological polar surface area (TPSA) is 62.1 Å². The molecule has 0 fully saturated rings. The summed E-state index contributed by atoms with van der Waals surface area (Å²) in [7, 11) is 1.59. The fraction of sp³-hybridized carbons (Fsp3) is 0.0833. The van der Waals surface area contributed by atoms with Crippen molar-refractivity contribution in [2.75, 3.05) is 12.4 Å². The molecule has 0 atom stereocenters. The van der Waals surface area contributed by atoms with Crippen LogP contribution < -0.4 is 10.1 Å². The lowest BCUT2D eigenvalue weighted by Crippen LogP contribution is -2.13. The zero-order chi connectivity index (χ0) is 21.5. The van der Waals surface area contributed by atoms with E-state index in [-0.39, 0.29) is 5.57 Å². The van der Waals surface area contributed by atoms with E-state index in [2.05, 4.69) is 21.2 Å². The number of carbonyl (C=O) groups is 1. The van der Waals surface area contributed by atoms with Gasteiger partial charge in [0.15, 0.2) is 0 Å². The van der Waals surface area contributed by atoms with E-state index in [1.54, 1.807) is 31.4 Å². The molecule has 3 aromatic carbocycles. The first kappa shape index (κ1) is 21.6. The molecule has 0 radical (unpaired) electrons. The Morgan fingerprint density at radius 1 is 1.13 bits per heavy atom. The Kier molecular flexibility index (Phi) is 7.29. The zero-order valence-electron chi connectivity index (χ0n) is 16.2. The molecular weight excluding hydrogens is 464 g/mol. The number of hydrogen-bond donors (Lipinski definition) is 1. The standard InChI is InChI=1S/C24H18BrClN2O2/c1-30-22-11-6-16(18(14-22)13-17-4-2-3-5-23(17)26)12-19(15-27)24(29)28-21-9-7-20(25)8-10-21/h2-12,14H,13H2,1H3,(H,28,29)/b19-12+. The predicted molar refractivity (Wildman–Crippen MR) is 124 cm³/mol. The molecule has 150 valence electrons. The molecule has 0 heterocycles. The third kappa shape index (κ3) is 5.50. The predicted octanol–water partition coefficient (Wildman–Crippen LogP) is 6.25. The Bertz CT molecular complexity index is 1130. The number of nitrogens with one attached hydrogen (secondary N) is 1. The summed E-state index contributed by atoms with van der Waals surface area (Å²) in [6, 6.07) is 22.2. The molecule has 1 N–H and O–H groups in total. The van der Waals surface area contributed by atoms with Gasteiger partial charge in [0.05, 0.1) is 7.11 Å². The van der Waals surface area contributed by atoms with E-state index in [1.807, 2.05) is 54.6 Å². The van der Waals surface area contributed by atoms with Crippen molar-refractivity contribution in [3.63, 3.8) is 0 Å². The van der Waals surface area contributed by atoms with E-state index in [0.29, 0.717) is 22.9 Å². The summed E-state index contributed by atoms with van der Waals surface area (Å²) in [4.78, 5) is 12.6. The van der Waals surface area contributed by atoms with Crippen LogP contribution in [0.5, 0.6) is 5.75 Å². The second-order valence-corrected chi connectivity index (χ2v) is 7.79. The number of carbonyl (C=O) groups excluding carboxylic acids is 1. The van der Waals surface area contributed by atoms with E-state index >= 15 is 0 Å². The molecule has 0 unspecified atom stereocenters. The minimum absolute atomic E-state index is 0.00324. The van der Waals surface area contributed by atoms with Gasteiger partial charge in [-0.05, 0) is 71.7 Å². The number of ether oxygens (including phenoxy) is 1. The highest BCUT2D eigenvalue weighted by molar-refractivity contribution is 9.10. The Morgan fingerprint density at radius 3 is 2.53 bits per heavy atom. The lowest BCUT2D eigenvalue weighted by Gasteiger charge is -2.11. The SMILES string of the molecule is COc1ccc(/C=C(\C#N)C(=O)Nc2ccc(Br)cc2)c(Cc2ccccc2Cl)c1. The van der Waals surface area contributed by atoms with Gasteiger partial charge >= 0.3 is 0 Å². The molecule has 0 saturated carbocycles. The van der Waals surface area contributed by atoms with Gasteiger partial charge in [-0.15, -0.1) is 0 Å². The van der Waals surface area contributed by atoms with E-state index in [9.17, 15) is 10.1 Å². The average Bonchev–Trinajstić information content (AvgIpc) is 2.75. The largest absolute Gasteiger partial charge is 0.497 e. The summed E-state index contributed by atoms with van der Waals surface area (Å²) in [5, 5.41) is 13.0. The minimum Gasteiger partial charge on any atom is -0.497 e. The molecule has 0 aliphatic heterocycles. The maximum atomic E-state index is 12.6. The van der Waals surface area contributed by atoms with Crippen LogP contribution in [0.25, 0.3) is 6.08 Å². The van der Waals surface area contributed by atoms with Crippen LogP contribution in [0.3, 0.4) is 0 Å². The molecule has 30 heavy (non-hydrogen) atoms. The number of rotatable bonds is 6. The maximum Gasteiger partial charge on any atom is 0.266 e. The van der Waals surface area contributed by atoms with Gasteiger partial charge in [-0.2, -0.15) is 5.26 Å². The first-order valence-corrected chi connectivity index (χ1v) is 10.3. The van der Waals surface area contributed by atoms with Crippen molar-refractivity contribution >= 4 is 45.2 Å². The van der Waals surface area contributed by atoms with Gasteiger partial charge in [-0.1, -0.05) is 51.8 Å². The quantitative estimate of drug-likeness (QED) is 0.334. The van der Waals surface area contributed by atoms with E-state index in [0.717, 1.165) is 21.2 Å². The molecule has 3 rings (SSSR count). The summed E-state index contributed by atoms with van der Waals surface area (Å²) in [6.45, 7) is 0. The highest BCUT2D eigenvalue weighted by Gasteiger charge is 2.13.